The molecule has 50 heavy (non-hydrogen) atoms. The van der Waals surface area contributed by atoms with E-state index in [0.29, 0.717) is 43.0 Å². The van der Waals surface area contributed by atoms with Gasteiger partial charge in [-0.05, 0) is 72.7 Å². The number of rotatable bonds is 8. The zero-order valence-corrected chi connectivity index (χ0v) is 27.8. The van der Waals surface area contributed by atoms with E-state index in [4.69, 9.17) is 19.6 Å². The fraction of sp³-hybridized carbons (Fsp3) is 0.103. The van der Waals surface area contributed by atoms with E-state index in [2.05, 4.69) is 0 Å². The van der Waals surface area contributed by atoms with E-state index in [0.717, 1.165) is 11.3 Å². The summed E-state index contributed by atoms with van der Waals surface area (Å²) in [6, 6.07) is 30.5. The Morgan fingerprint density at radius 1 is 0.900 bits per heavy atom. The molecule has 11 heteroatoms. The number of allylic oxidation sites excluding steroid dienone is 1. The van der Waals surface area contributed by atoms with Gasteiger partial charge in [0.25, 0.3) is 5.56 Å². The molecule has 7 rings (SSSR count). The largest absolute Gasteiger partial charge is 0.465 e. The molecule has 1 atom stereocenters. The third-order valence-electron chi connectivity index (χ3n) is 8.27. The fourth-order valence-electron chi connectivity index (χ4n) is 5.80. The summed E-state index contributed by atoms with van der Waals surface area (Å²) >= 11 is 1.18. The van der Waals surface area contributed by atoms with Crippen molar-refractivity contribution in [3.8, 4) is 16.9 Å². The van der Waals surface area contributed by atoms with Crippen LogP contribution in [0.15, 0.2) is 136 Å². The number of carbonyl (C=O) groups excluding carboxylic acids is 2. The van der Waals surface area contributed by atoms with E-state index in [1.807, 2.05) is 66.9 Å². The number of aromatic nitrogens is 3. The van der Waals surface area contributed by atoms with Crippen molar-refractivity contribution in [1.82, 2.24) is 14.3 Å². The molecule has 0 saturated heterocycles. The van der Waals surface area contributed by atoms with Gasteiger partial charge in [0.15, 0.2) is 4.80 Å². The second-order valence-electron chi connectivity index (χ2n) is 11.5. The van der Waals surface area contributed by atoms with E-state index in [9.17, 15) is 18.8 Å². The standard InChI is InChI=1S/C39H29FN4O5S/c1-24-33(38(47)49-23-25-9-5-3-6-10-25)35(27-13-15-28(16-14-27)37(46)48-2)44-36(45)32(50-39(44)41-24)21-29-22-43(31-11-7-4-8-12-31)42-34(29)26-17-19-30(40)20-18-26/h3-22,35H,23H2,1-2H3. The summed E-state index contributed by atoms with van der Waals surface area (Å²) < 4.78 is 28.0. The number of ether oxygens (including phenoxy) is 2. The molecular formula is C39H29FN4O5S. The van der Waals surface area contributed by atoms with Crippen LogP contribution in [0.5, 0.6) is 0 Å². The number of nitrogens with zero attached hydrogens (tertiary/aromatic N) is 4. The second-order valence-corrected chi connectivity index (χ2v) is 12.5. The minimum absolute atomic E-state index is 0.0342. The molecule has 0 radical (unpaired) electrons. The lowest BCUT2D eigenvalue weighted by molar-refractivity contribution is -0.140. The van der Waals surface area contributed by atoms with Gasteiger partial charge in [-0.2, -0.15) is 5.10 Å². The molecule has 4 aromatic carbocycles. The second kappa shape index (κ2) is 13.7. The van der Waals surface area contributed by atoms with E-state index in [1.54, 1.807) is 54.1 Å². The summed E-state index contributed by atoms with van der Waals surface area (Å²) in [7, 11) is 1.30. The molecule has 1 aliphatic heterocycles. The number of hydrogen-bond donors (Lipinski definition) is 0. The summed E-state index contributed by atoms with van der Waals surface area (Å²) in [5.41, 5.74) is 4.59. The van der Waals surface area contributed by atoms with Gasteiger partial charge in [-0.25, -0.2) is 23.7 Å². The first-order chi connectivity index (χ1) is 24.3. The van der Waals surface area contributed by atoms with E-state index in [1.165, 1.54) is 35.1 Å². The summed E-state index contributed by atoms with van der Waals surface area (Å²) in [4.78, 5) is 45.5. The number of halogens is 1. The predicted molar refractivity (Wildman–Crippen MR) is 187 cm³/mol. The van der Waals surface area contributed by atoms with Gasteiger partial charge in [-0.1, -0.05) is 72.0 Å². The predicted octanol–water partition coefficient (Wildman–Crippen LogP) is 5.76. The van der Waals surface area contributed by atoms with Crippen molar-refractivity contribution in [1.29, 1.82) is 0 Å². The number of esters is 2. The molecule has 0 N–H and O–H groups in total. The van der Waals surface area contributed by atoms with Crippen LogP contribution in [0.1, 0.15) is 40.0 Å². The summed E-state index contributed by atoms with van der Waals surface area (Å²) in [5.74, 6) is -1.50. The third kappa shape index (κ3) is 6.34. The van der Waals surface area contributed by atoms with Crippen molar-refractivity contribution in [2.75, 3.05) is 7.11 Å². The Kier molecular flexibility index (Phi) is 8.88. The van der Waals surface area contributed by atoms with Crippen LogP contribution in [0.4, 0.5) is 4.39 Å². The molecule has 0 saturated carbocycles. The molecule has 0 spiro atoms. The van der Waals surface area contributed by atoms with Gasteiger partial charge in [0, 0.05) is 17.3 Å². The van der Waals surface area contributed by atoms with Gasteiger partial charge in [0.1, 0.15) is 18.1 Å². The number of methoxy groups -OCH3 is 1. The number of para-hydroxylation sites is 1. The van der Waals surface area contributed by atoms with Crippen LogP contribution in [-0.4, -0.2) is 33.4 Å². The first-order valence-corrected chi connectivity index (χ1v) is 16.5. The normalized spacial score (nSPS) is 14.2. The molecule has 0 fully saturated rings. The first-order valence-electron chi connectivity index (χ1n) is 15.6. The highest BCUT2D eigenvalue weighted by Crippen LogP contribution is 2.31. The molecule has 0 bridgehead atoms. The number of hydrogen-bond acceptors (Lipinski definition) is 8. The van der Waals surface area contributed by atoms with E-state index in [-0.39, 0.29) is 23.6 Å². The lowest BCUT2D eigenvalue weighted by atomic mass is 9.95. The summed E-state index contributed by atoms with van der Waals surface area (Å²) in [6.45, 7) is 1.75. The van der Waals surface area contributed by atoms with Gasteiger partial charge in [0.2, 0.25) is 0 Å². The maximum atomic E-state index is 14.4. The maximum Gasteiger partial charge on any atom is 0.338 e. The Labute approximate surface area is 289 Å². The smallest absolute Gasteiger partial charge is 0.338 e. The van der Waals surface area contributed by atoms with Crippen LogP contribution in [0.2, 0.25) is 0 Å². The molecule has 0 aliphatic carbocycles. The van der Waals surface area contributed by atoms with E-state index >= 15 is 0 Å². The van der Waals surface area contributed by atoms with Crippen molar-refractivity contribution in [3.05, 3.63) is 174 Å². The van der Waals surface area contributed by atoms with Gasteiger partial charge < -0.3 is 9.47 Å². The van der Waals surface area contributed by atoms with Gasteiger partial charge in [-0.15, -0.1) is 0 Å². The Balaban J connectivity index is 1.36. The molecule has 1 aliphatic rings. The van der Waals surface area contributed by atoms with Crippen molar-refractivity contribution in [3.63, 3.8) is 0 Å². The van der Waals surface area contributed by atoms with Crippen molar-refractivity contribution >= 4 is 29.4 Å². The molecule has 0 amide bonds. The number of thiazole rings is 1. The van der Waals surface area contributed by atoms with E-state index < -0.39 is 18.0 Å². The highest BCUT2D eigenvalue weighted by atomic mass is 32.1. The van der Waals surface area contributed by atoms with Crippen LogP contribution >= 0.6 is 11.3 Å². The number of carbonyl (C=O) groups is 2. The highest BCUT2D eigenvalue weighted by Gasteiger charge is 2.33. The zero-order valence-electron chi connectivity index (χ0n) is 26.9. The topological polar surface area (TPSA) is 105 Å². The Hall–Kier alpha value is -6.20. The third-order valence-corrected chi connectivity index (χ3v) is 9.25. The maximum absolute atomic E-state index is 14.4. The molecule has 6 aromatic rings. The average molecular weight is 685 g/mol. The average Bonchev–Trinajstić information content (AvgIpc) is 3.71. The quantitative estimate of drug-likeness (QED) is 0.189. The SMILES string of the molecule is COC(=O)c1ccc(C2C(C(=O)OCc3ccccc3)=C(C)N=c3sc(=Cc4cn(-c5ccccc5)nc4-c4ccc(F)cc4)c(=O)n32)cc1. The van der Waals surface area contributed by atoms with Crippen molar-refractivity contribution in [2.45, 2.75) is 19.6 Å². The Bertz CT molecular complexity index is 2430. The van der Waals surface area contributed by atoms with Gasteiger partial charge >= 0.3 is 11.9 Å². The lowest BCUT2D eigenvalue weighted by Gasteiger charge is -2.25. The monoisotopic (exact) mass is 684 g/mol. The number of fused-ring (bicyclic) bond motifs is 1. The molecule has 2 aromatic heterocycles. The minimum Gasteiger partial charge on any atom is -0.465 e. The van der Waals surface area contributed by atoms with Crippen LogP contribution in [0, 0.1) is 5.82 Å². The molecule has 9 nitrogen and oxygen atoms in total. The van der Waals surface area contributed by atoms with Crippen molar-refractivity contribution < 1.29 is 23.5 Å². The van der Waals surface area contributed by atoms with Crippen LogP contribution < -0.4 is 14.9 Å². The zero-order chi connectivity index (χ0) is 34.8. The van der Waals surface area contributed by atoms with Crippen LogP contribution in [0.25, 0.3) is 23.0 Å². The summed E-state index contributed by atoms with van der Waals surface area (Å²) in [6.07, 6.45) is 3.55. The van der Waals surface area contributed by atoms with Gasteiger partial charge in [0.05, 0.1) is 40.2 Å². The first kappa shape index (κ1) is 32.4. The molecule has 248 valence electrons. The van der Waals surface area contributed by atoms with Crippen LogP contribution in [-0.2, 0) is 20.9 Å². The summed E-state index contributed by atoms with van der Waals surface area (Å²) in [5, 5.41) is 4.80. The Morgan fingerprint density at radius 2 is 1.58 bits per heavy atom. The molecule has 3 heterocycles. The Morgan fingerprint density at radius 3 is 2.26 bits per heavy atom. The molecule has 1 unspecified atom stereocenters. The number of benzene rings is 4. The fourth-order valence-corrected chi connectivity index (χ4v) is 6.84. The molecular weight excluding hydrogens is 656 g/mol. The van der Waals surface area contributed by atoms with Crippen LogP contribution in [0.3, 0.4) is 0 Å². The highest BCUT2D eigenvalue weighted by molar-refractivity contribution is 7.07. The lowest BCUT2D eigenvalue weighted by Crippen LogP contribution is -2.39. The van der Waals surface area contributed by atoms with Crippen molar-refractivity contribution in [2.24, 2.45) is 4.99 Å². The van der Waals surface area contributed by atoms with Gasteiger partial charge in [-0.3, -0.25) is 9.36 Å². The minimum atomic E-state index is -0.896.